The smallest absolute Gasteiger partial charge is 0.259 e. The molecule has 0 aliphatic heterocycles. The first-order chi connectivity index (χ1) is 10.1. The summed E-state index contributed by atoms with van der Waals surface area (Å²) in [6.45, 7) is 3.88. The molecule has 0 heterocycles. The van der Waals surface area contributed by atoms with Gasteiger partial charge in [-0.2, -0.15) is 0 Å². The Morgan fingerprint density at radius 2 is 1.76 bits per heavy atom. The minimum Gasteiger partial charge on any atom is -0.490 e. The maximum Gasteiger partial charge on any atom is 0.259 e. The third kappa shape index (κ3) is 4.02. The van der Waals surface area contributed by atoms with Gasteiger partial charge >= 0.3 is 0 Å². The standard InChI is InChI=1S/C17H19NO2S/c1-12(2)20-15-10-6-4-8-13(15)17(19)18-14-9-5-7-11-16(14)21-3/h4-12H,1-3H3,(H,18,19). The molecule has 1 amide bonds. The van der Waals surface area contributed by atoms with Crippen LogP contribution in [-0.2, 0) is 0 Å². The molecule has 0 fully saturated rings. The van der Waals surface area contributed by atoms with E-state index in [2.05, 4.69) is 5.32 Å². The number of ether oxygens (including phenoxy) is 1. The van der Waals surface area contributed by atoms with Gasteiger partial charge < -0.3 is 10.1 Å². The van der Waals surface area contributed by atoms with Gasteiger partial charge in [-0.15, -0.1) is 11.8 Å². The number of hydrogen-bond donors (Lipinski definition) is 1. The van der Waals surface area contributed by atoms with E-state index in [1.165, 1.54) is 0 Å². The first kappa shape index (κ1) is 15.4. The quantitative estimate of drug-likeness (QED) is 0.829. The Balaban J connectivity index is 2.24. The summed E-state index contributed by atoms with van der Waals surface area (Å²) in [5.74, 6) is 0.444. The molecule has 4 heteroatoms. The van der Waals surface area contributed by atoms with Gasteiger partial charge in [-0.3, -0.25) is 4.79 Å². The maximum atomic E-state index is 12.5. The number of rotatable bonds is 5. The van der Waals surface area contributed by atoms with Crippen molar-refractivity contribution in [2.24, 2.45) is 0 Å². The zero-order chi connectivity index (χ0) is 15.2. The summed E-state index contributed by atoms with van der Waals surface area (Å²) >= 11 is 1.60. The predicted octanol–water partition coefficient (Wildman–Crippen LogP) is 4.45. The molecule has 0 atom stereocenters. The van der Waals surface area contributed by atoms with Crippen molar-refractivity contribution in [2.45, 2.75) is 24.8 Å². The SMILES string of the molecule is CSc1ccccc1NC(=O)c1ccccc1OC(C)C. The number of amides is 1. The largest absolute Gasteiger partial charge is 0.490 e. The zero-order valence-corrected chi connectivity index (χ0v) is 13.2. The summed E-state index contributed by atoms with van der Waals surface area (Å²) in [5, 5.41) is 2.95. The van der Waals surface area contributed by atoms with E-state index in [0.717, 1.165) is 10.6 Å². The fourth-order valence-corrected chi connectivity index (χ4v) is 2.50. The first-order valence-corrected chi connectivity index (χ1v) is 8.04. The minimum absolute atomic E-state index is 0.0254. The molecule has 3 nitrogen and oxygen atoms in total. The van der Waals surface area contributed by atoms with E-state index in [0.29, 0.717) is 11.3 Å². The number of carbonyl (C=O) groups excluding carboxylic acids is 1. The molecule has 0 saturated heterocycles. The van der Waals surface area contributed by atoms with Gasteiger partial charge in [0.1, 0.15) is 5.75 Å². The van der Waals surface area contributed by atoms with Crippen LogP contribution in [0.25, 0.3) is 0 Å². The van der Waals surface area contributed by atoms with Gasteiger partial charge in [-0.05, 0) is 44.4 Å². The fraction of sp³-hybridized carbons (Fsp3) is 0.235. The number of thioether (sulfide) groups is 1. The van der Waals surface area contributed by atoms with Crippen LogP contribution in [0.2, 0.25) is 0 Å². The lowest BCUT2D eigenvalue weighted by atomic mass is 10.1. The average Bonchev–Trinajstić information content (AvgIpc) is 2.47. The van der Waals surface area contributed by atoms with Crippen LogP contribution < -0.4 is 10.1 Å². The maximum absolute atomic E-state index is 12.5. The van der Waals surface area contributed by atoms with Gasteiger partial charge in [0.05, 0.1) is 17.4 Å². The molecule has 110 valence electrons. The molecule has 0 saturated carbocycles. The molecule has 0 bridgehead atoms. The number of nitrogens with one attached hydrogen (secondary N) is 1. The van der Waals surface area contributed by atoms with Crippen molar-refractivity contribution in [3.63, 3.8) is 0 Å². The number of benzene rings is 2. The highest BCUT2D eigenvalue weighted by molar-refractivity contribution is 7.98. The van der Waals surface area contributed by atoms with Crippen LogP contribution in [0.3, 0.4) is 0 Å². The van der Waals surface area contributed by atoms with Crippen molar-refractivity contribution in [3.05, 3.63) is 54.1 Å². The number of hydrogen-bond acceptors (Lipinski definition) is 3. The van der Waals surface area contributed by atoms with Crippen molar-refractivity contribution in [3.8, 4) is 5.75 Å². The molecule has 2 rings (SSSR count). The van der Waals surface area contributed by atoms with Crippen LogP contribution in [0.5, 0.6) is 5.75 Å². The fourth-order valence-electron chi connectivity index (χ4n) is 1.95. The third-order valence-electron chi connectivity index (χ3n) is 2.85. The van der Waals surface area contributed by atoms with Crippen LogP contribution in [0, 0.1) is 0 Å². The number of para-hydroxylation sites is 2. The summed E-state index contributed by atoms with van der Waals surface area (Å²) in [6, 6.07) is 15.0. The second kappa shape index (κ2) is 7.18. The van der Waals surface area contributed by atoms with Gasteiger partial charge in [0, 0.05) is 4.90 Å². The van der Waals surface area contributed by atoms with Crippen molar-refractivity contribution >= 4 is 23.4 Å². The summed E-state index contributed by atoms with van der Waals surface area (Å²) in [7, 11) is 0. The van der Waals surface area contributed by atoms with E-state index in [-0.39, 0.29) is 12.0 Å². The molecule has 0 aromatic heterocycles. The summed E-state index contributed by atoms with van der Waals surface area (Å²) in [4.78, 5) is 13.5. The van der Waals surface area contributed by atoms with Crippen molar-refractivity contribution in [1.29, 1.82) is 0 Å². The number of carbonyl (C=O) groups is 1. The molecule has 1 N–H and O–H groups in total. The lowest BCUT2D eigenvalue weighted by molar-refractivity contribution is 0.102. The van der Waals surface area contributed by atoms with Crippen LogP contribution >= 0.6 is 11.8 Å². The van der Waals surface area contributed by atoms with Crippen molar-refractivity contribution < 1.29 is 9.53 Å². The van der Waals surface area contributed by atoms with Crippen molar-refractivity contribution in [2.75, 3.05) is 11.6 Å². The van der Waals surface area contributed by atoms with E-state index >= 15 is 0 Å². The average molecular weight is 301 g/mol. The zero-order valence-electron chi connectivity index (χ0n) is 12.4. The topological polar surface area (TPSA) is 38.3 Å². The van der Waals surface area contributed by atoms with E-state index in [9.17, 15) is 4.79 Å². The van der Waals surface area contributed by atoms with Crippen molar-refractivity contribution in [1.82, 2.24) is 0 Å². The number of anilines is 1. The summed E-state index contributed by atoms with van der Waals surface area (Å²) in [5.41, 5.74) is 1.36. The molecule has 0 aliphatic carbocycles. The van der Waals surface area contributed by atoms with Gasteiger partial charge in [-0.25, -0.2) is 0 Å². The minimum atomic E-state index is -0.159. The molecule has 0 radical (unpaired) electrons. The highest BCUT2D eigenvalue weighted by atomic mass is 32.2. The Kier molecular flexibility index (Phi) is 5.28. The molecule has 0 unspecified atom stereocenters. The highest BCUT2D eigenvalue weighted by Gasteiger charge is 2.14. The van der Waals surface area contributed by atoms with Crippen LogP contribution in [-0.4, -0.2) is 18.3 Å². The molecular weight excluding hydrogens is 282 g/mol. The molecule has 2 aromatic rings. The lowest BCUT2D eigenvalue weighted by Gasteiger charge is -2.15. The Bertz CT molecular complexity index is 626. The second-order valence-electron chi connectivity index (χ2n) is 4.82. The van der Waals surface area contributed by atoms with Gasteiger partial charge in [-0.1, -0.05) is 24.3 Å². The first-order valence-electron chi connectivity index (χ1n) is 6.82. The van der Waals surface area contributed by atoms with Crippen LogP contribution in [0.1, 0.15) is 24.2 Å². The summed E-state index contributed by atoms with van der Waals surface area (Å²) in [6.07, 6.45) is 2.01. The molecule has 2 aromatic carbocycles. The Labute approximate surface area is 129 Å². The normalized spacial score (nSPS) is 10.5. The van der Waals surface area contributed by atoms with E-state index in [4.69, 9.17) is 4.74 Å². The van der Waals surface area contributed by atoms with Crippen LogP contribution in [0.15, 0.2) is 53.4 Å². The molecular formula is C17H19NO2S. The molecule has 21 heavy (non-hydrogen) atoms. The van der Waals surface area contributed by atoms with Gasteiger partial charge in [0.2, 0.25) is 0 Å². The Hall–Kier alpha value is -1.94. The highest BCUT2D eigenvalue weighted by Crippen LogP contribution is 2.26. The van der Waals surface area contributed by atoms with E-state index in [1.807, 2.05) is 62.6 Å². The molecule has 0 spiro atoms. The Morgan fingerprint density at radius 1 is 1.10 bits per heavy atom. The third-order valence-corrected chi connectivity index (χ3v) is 3.65. The lowest BCUT2D eigenvalue weighted by Crippen LogP contribution is -2.16. The van der Waals surface area contributed by atoms with Gasteiger partial charge in [0.25, 0.3) is 5.91 Å². The summed E-state index contributed by atoms with van der Waals surface area (Å²) < 4.78 is 5.69. The van der Waals surface area contributed by atoms with E-state index in [1.54, 1.807) is 17.8 Å². The van der Waals surface area contributed by atoms with E-state index < -0.39 is 0 Å². The second-order valence-corrected chi connectivity index (χ2v) is 5.67. The van der Waals surface area contributed by atoms with Gasteiger partial charge in [0.15, 0.2) is 0 Å². The monoisotopic (exact) mass is 301 g/mol. The predicted molar refractivity (Wildman–Crippen MR) is 88.4 cm³/mol. The van der Waals surface area contributed by atoms with Crippen LogP contribution in [0.4, 0.5) is 5.69 Å². The Morgan fingerprint density at radius 3 is 2.48 bits per heavy atom. The molecule has 0 aliphatic rings.